The van der Waals surface area contributed by atoms with Gasteiger partial charge < -0.3 is 40.3 Å². The highest BCUT2D eigenvalue weighted by Crippen LogP contribution is 2.24. The van der Waals surface area contributed by atoms with E-state index >= 15 is 0 Å². The van der Waals surface area contributed by atoms with Crippen molar-refractivity contribution in [2.45, 2.75) is 397 Å². The van der Waals surface area contributed by atoms with Gasteiger partial charge in [-0.15, -0.1) is 0 Å². The van der Waals surface area contributed by atoms with Crippen LogP contribution in [-0.4, -0.2) is 87.5 Å². The van der Waals surface area contributed by atoms with Gasteiger partial charge in [-0.1, -0.05) is 351 Å². The Morgan fingerprint density at radius 1 is 0.417 bits per heavy atom. The summed E-state index contributed by atoms with van der Waals surface area (Å²) >= 11 is 0. The molecule has 1 amide bonds. The van der Waals surface area contributed by atoms with Crippen LogP contribution in [-0.2, 0) is 14.3 Å². The van der Waals surface area contributed by atoms with Gasteiger partial charge in [0.15, 0.2) is 6.29 Å². The van der Waals surface area contributed by atoms with E-state index in [2.05, 4.69) is 67.8 Å². The van der Waals surface area contributed by atoms with E-state index < -0.39 is 49.5 Å². The maximum absolute atomic E-state index is 13.1. The lowest BCUT2D eigenvalue weighted by atomic mass is 9.99. The van der Waals surface area contributed by atoms with Crippen LogP contribution in [0.3, 0.4) is 0 Å². The van der Waals surface area contributed by atoms with Crippen LogP contribution in [0.25, 0.3) is 0 Å². The molecule has 0 aromatic rings. The van der Waals surface area contributed by atoms with Crippen LogP contribution in [0.15, 0.2) is 60.8 Å². The first kappa shape index (κ1) is 79.9. The third-order valence-electron chi connectivity index (χ3n) is 17.3. The van der Waals surface area contributed by atoms with E-state index in [1.165, 1.54) is 270 Å². The Bertz CT molecular complexity index is 1510. The molecule has 1 heterocycles. The molecule has 1 rings (SSSR count). The molecule has 0 aliphatic carbocycles. The molecule has 1 fully saturated rings. The third-order valence-corrected chi connectivity index (χ3v) is 17.3. The Balaban J connectivity index is 2.10. The summed E-state index contributed by atoms with van der Waals surface area (Å²) in [5, 5.41) is 54.8. The fourth-order valence-electron chi connectivity index (χ4n) is 11.7. The molecule has 0 bridgehead atoms. The first-order valence-corrected chi connectivity index (χ1v) is 36.5. The molecule has 1 aliphatic rings. The van der Waals surface area contributed by atoms with Crippen molar-refractivity contribution in [1.82, 2.24) is 5.32 Å². The predicted molar refractivity (Wildman–Crippen MR) is 359 cm³/mol. The van der Waals surface area contributed by atoms with Crippen LogP contribution in [0.5, 0.6) is 0 Å². The van der Waals surface area contributed by atoms with E-state index in [0.717, 1.165) is 64.2 Å². The van der Waals surface area contributed by atoms with Crippen molar-refractivity contribution in [2.24, 2.45) is 0 Å². The summed E-state index contributed by atoms with van der Waals surface area (Å²) in [4.78, 5) is 13.1. The molecule has 0 aromatic carbocycles. The van der Waals surface area contributed by atoms with Crippen molar-refractivity contribution in [3.63, 3.8) is 0 Å². The minimum atomic E-state index is -1.57. The summed E-state index contributed by atoms with van der Waals surface area (Å²) in [6.07, 6.45) is 81.9. The second-order valence-corrected chi connectivity index (χ2v) is 25.4. The van der Waals surface area contributed by atoms with Crippen molar-refractivity contribution in [1.29, 1.82) is 0 Å². The number of unbranched alkanes of at least 4 members (excludes halogenated alkanes) is 46. The van der Waals surface area contributed by atoms with Gasteiger partial charge in [-0.05, 0) is 57.8 Å². The van der Waals surface area contributed by atoms with Crippen molar-refractivity contribution in [2.75, 3.05) is 13.2 Å². The molecule has 7 unspecified atom stereocenters. The van der Waals surface area contributed by atoms with Gasteiger partial charge in [-0.3, -0.25) is 4.79 Å². The van der Waals surface area contributed by atoms with Gasteiger partial charge in [-0.25, -0.2) is 0 Å². The zero-order chi connectivity index (χ0) is 60.7. The number of carbonyl (C=O) groups is 1. The lowest BCUT2D eigenvalue weighted by Gasteiger charge is -2.40. The second-order valence-electron chi connectivity index (χ2n) is 25.4. The third kappa shape index (κ3) is 51.9. The Hall–Kier alpha value is -2.11. The van der Waals surface area contributed by atoms with E-state index in [-0.39, 0.29) is 12.5 Å². The normalized spacial score (nSPS) is 18.5. The Kier molecular flexibility index (Phi) is 60.8. The second kappa shape index (κ2) is 63.9. The molecule has 492 valence electrons. The van der Waals surface area contributed by atoms with Crippen molar-refractivity contribution in [3.05, 3.63) is 60.8 Å². The molecule has 0 saturated carbocycles. The highest BCUT2D eigenvalue weighted by Gasteiger charge is 2.44. The number of hydrogen-bond donors (Lipinski definition) is 6. The smallest absolute Gasteiger partial charge is 0.220 e. The van der Waals surface area contributed by atoms with Crippen LogP contribution in [0.2, 0.25) is 0 Å². The summed E-state index contributed by atoms with van der Waals surface area (Å²) in [6.45, 7) is 3.72. The highest BCUT2D eigenvalue weighted by atomic mass is 16.7. The molecule has 6 N–H and O–H groups in total. The van der Waals surface area contributed by atoms with Gasteiger partial charge in [0, 0.05) is 6.42 Å². The molecule has 7 atom stereocenters. The summed E-state index contributed by atoms with van der Waals surface area (Å²) in [6, 6.07) is -0.807. The number of amides is 1. The van der Waals surface area contributed by atoms with Crippen LogP contribution in [0.4, 0.5) is 0 Å². The monoisotopic (exact) mass is 1180 g/mol. The zero-order valence-electron chi connectivity index (χ0n) is 55.2. The maximum Gasteiger partial charge on any atom is 0.220 e. The molecule has 1 aliphatic heterocycles. The number of aliphatic hydroxyl groups is 5. The minimum absolute atomic E-state index is 0.171. The Morgan fingerprint density at radius 2 is 0.738 bits per heavy atom. The molecule has 0 aromatic heterocycles. The SMILES string of the molecule is CC/C=C\C/C=C\C/C=C\C/C=C\CCCCCCCCCCCCCCCCCCCCCCC(=O)NC(COC1OC(CO)C(O)C(O)C1O)C(O)/C=C/CCCCCCCCCCCCCCCCCCCCCCCCCCCC. The molecule has 84 heavy (non-hydrogen) atoms. The van der Waals surface area contributed by atoms with Crippen LogP contribution in [0, 0.1) is 0 Å². The predicted octanol–water partition coefficient (Wildman–Crippen LogP) is 20.1. The molecule has 0 spiro atoms. The standard InChI is InChI=1S/C75H139NO8/c1-3-5-7-9-11-13-15-17-19-21-23-25-27-29-31-33-34-35-36-37-39-41-43-45-47-49-51-53-55-57-59-61-63-65-71(79)76-68(67-83-75-74(82)73(81)72(80)70(66-77)84-75)69(78)64-62-60-58-56-54-52-50-48-46-44-42-40-38-32-30-28-26-24-22-20-18-16-14-12-10-8-6-4-2/h5,7,11,13,17,19,23,25,62,64,68-70,72-75,77-78,80-82H,3-4,6,8-10,12,14-16,18,20-22,24,26-61,63,65-67H2,1-2H3,(H,76,79)/b7-5-,13-11-,19-17-,25-23-,64-62+. The molecular weight excluding hydrogens is 1040 g/mol. The number of rotatable bonds is 64. The van der Waals surface area contributed by atoms with E-state index in [4.69, 9.17) is 9.47 Å². The molecule has 9 heteroatoms. The topological polar surface area (TPSA) is 149 Å². The Morgan fingerprint density at radius 3 is 1.10 bits per heavy atom. The average molecular weight is 1180 g/mol. The van der Waals surface area contributed by atoms with Crippen LogP contribution in [0.1, 0.15) is 354 Å². The number of nitrogens with one attached hydrogen (secondary N) is 1. The van der Waals surface area contributed by atoms with Gasteiger partial charge in [0.05, 0.1) is 25.4 Å². The molecule has 1 saturated heterocycles. The zero-order valence-corrected chi connectivity index (χ0v) is 55.2. The molecule has 9 nitrogen and oxygen atoms in total. The summed E-state index contributed by atoms with van der Waals surface area (Å²) < 4.78 is 11.3. The number of carbonyl (C=O) groups excluding carboxylic acids is 1. The maximum atomic E-state index is 13.1. The van der Waals surface area contributed by atoms with Crippen LogP contribution >= 0.6 is 0 Å². The van der Waals surface area contributed by atoms with E-state index in [1.54, 1.807) is 6.08 Å². The quantitative estimate of drug-likeness (QED) is 0.0261. The lowest BCUT2D eigenvalue weighted by Crippen LogP contribution is -2.60. The fraction of sp³-hybridized carbons (Fsp3) is 0.853. The number of allylic oxidation sites excluding steroid dienone is 9. The van der Waals surface area contributed by atoms with Gasteiger partial charge in [-0.2, -0.15) is 0 Å². The number of aliphatic hydroxyl groups excluding tert-OH is 5. The van der Waals surface area contributed by atoms with E-state index in [1.807, 2.05) is 6.08 Å². The fourth-order valence-corrected chi connectivity index (χ4v) is 11.7. The van der Waals surface area contributed by atoms with Crippen LogP contribution < -0.4 is 5.32 Å². The summed E-state index contributed by atoms with van der Waals surface area (Å²) in [7, 11) is 0. The van der Waals surface area contributed by atoms with Gasteiger partial charge in [0.1, 0.15) is 24.4 Å². The lowest BCUT2D eigenvalue weighted by molar-refractivity contribution is -0.302. The highest BCUT2D eigenvalue weighted by molar-refractivity contribution is 5.76. The summed E-state index contributed by atoms with van der Waals surface area (Å²) in [5.74, 6) is -0.171. The Labute approximate surface area is 519 Å². The van der Waals surface area contributed by atoms with E-state index in [9.17, 15) is 30.3 Å². The first-order valence-electron chi connectivity index (χ1n) is 36.5. The molecular formula is C75H139NO8. The molecule has 0 radical (unpaired) electrons. The minimum Gasteiger partial charge on any atom is -0.394 e. The number of ether oxygens (including phenoxy) is 2. The average Bonchev–Trinajstić information content (AvgIpc) is 3.70. The summed E-state index contributed by atoms with van der Waals surface area (Å²) in [5.41, 5.74) is 0. The first-order chi connectivity index (χ1) is 41.3. The van der Waals surface area contributed by atoms with Gasteiger partial charge in [0.25, 0.3) is 0 Å². The van der Waals surface area contributed by atoms with Crippen molar-refractivity contribution >= 4 is 5.91 Å². The largest absolute Gasteiger partial charge is 0.394 e. The van der Waals surface area contributed by atoms with Gasteiger partial charge in [0.2, 0.25) is 5.91 Å². The van der Waals surface area contributed by atoms with E-state index in [0.29, 0.717) is 6.42 Å². The van der Waals surface area contributed by atoms with Crippen molar-refractivity contribution in [3.8, 4) is 0 Å². The number of hydrogen-bond acceptors (Lipinski definition) is 8. The van der Waals surface area contributed by atoms with Gasteiger partial charge >= 0.3 is 0 Å². The van der Waals surface area contributed by atoms with Crippen molar-refractivity contribution < 1.29 is 39.8 Å².